The highest BCUT2D eigenvalue weighted by molar-refractivity contribution is 5.93. The Morgan fingerprint density at radius 1 is 1.14 bits per heavy atom. The van der Waals surface area contributed by atoms with Crippen molar-refractivity contribution in [3.8, 4) is 28.5 Å². The molecule has 1 unspecified atom stereocenters. The zero-order valence-electron chi connectivity index (χ0n) is 20.0. The summed E-state index contributed by atoms with van der Waals surface area (Å²) in [4.78, 5) is 18.4. The molecule has 0 saturated carbocycles. The zero-order valence-corrected chi connectivity index (χ0v) is 20.0. The number of pyridine rings is 1. The van der Waals surface area contributed by atoms with E-state index >= 15 is 0 Å². The van der Waals surface area contributed by atoms with Gasteiger partial charge in [0.2, 0.25) is 5.91 Å². The van der Waals surface area contributed by atoms with Crippen molar-refractivity contribution >= 4 is 16.8 Å². The van der Waals surface area contributed by atoms with Crippen molar-refractivity contribution in [3.63, 3.8) is 0 Å². The van der Waals surface area contributed by atoms with Gasteiger partial charge in [0.05, 0.1) is 18.7 Å². The molecule has 2 aromatic heterocycles. The molecule has 0 aliphatic carbocycles. The molecule has 35 heavy (non-hydrogen) atoms. The lowest BCUT2D eigenvalue weighted by Crippen LogP contribution is -2.40. The second-order valence-corrected chi connectivity index (χ2v) is 8.68. The summed E-state index contributed by atoms with van der Waals surface area (Å²) in [7, 11) is 1.65. The minimum atomic E-state index is -0.0325. The molecular weight excluding hydrogens is 440 g/mol. The third kappa shape index (κ3) is 4.37. The normalized spacial score (nSPS) is 15.7. The standard InChI is InChI=1S/C28H28N4O3/c1-4-27(33)31-16-6-7-21(18-31)32-24-14-15-29-17-23(24)28(30-32)20-10-12-22(13-11-20)35-26-9-5-8-25(34-3)19(26)2/h4-5,8-15,17,21H,1,6-7,16,18H2,2-3H3. The minimum absolute atomic E-state index is 0.0325. The van der Waals surface area contributed by atoms with Crippen LogP contribution in [0.1, 0.15) is 24.4 Å². The number of benzene rings is 2. The van der Waals surface area contributed by atoms with Gasteiger partial charge in [-0.2, -0.15) is 5.10 Å². The van der Waals surface area contributed by atoms with E-state index in [0.717, 1.165) is 64.4 Å². The molecule has 7 heteroatoms. The van der Waals surface area contributed by atoms with Crippen molar-refractivity contribution < 1.29 is 14.3 Å². The molecule has 0 radical (unpaired) electrons. The topological polar surface area (TPSA) is 69.5 Å². The largest absolute Gasteiger partial charge is 0.496 e. The van der Waals surface area contributed by atoms with Crippen LogP contribution < -0.4 is 9.47 Å². The van der Waals surface area contributed by atoms with Gasteiger partial charge in [-0.05, 0) is 68.3 Å². The second kappa shape index (κ2) is 9.62. The van der Waals surface area contributed by atoms with Crippen LogP contribution >= 0.6 is 0 Å². The Labute approximate surface area is 204 Å². The molecule has 4 aromatic rings. The molecule has 1 atom stereocenters. The number of hydrogen-bond acceptors (Lipinski definition) is 5. The summed E-state index contributed by atoms with van der Waals surface area (Å²) in [6.07, 6.45) is 6.92. The molecule has 1 fully saturated rings. The van der Waals surface area contributed by atoms with E-state index in [2.05, 4.69) is 16.2 Å². The Hall–Kier alpha value is -4.13. The maximum atomic E-state index is 12.2. The average molecular weight is 469 g/mol. The second-order valence-electron chi connectivity index (χ2n) is 8.68. The molecule has 7 nitrogen and oxygen atoms in total. The van der Waals surface area contributed by atoms with Gasteiger partial charge >= 0.3 is 0 Å². The molecule has 1 saturated heterocycles. The van der Waals surface area contributed by atoms with Crippen LogP contribution in [-0.4, -0.2) is 45.8 Å². The molecule has 1 aliphatic heterocycles. The molecular formula is C28H28N4O3. The molecule has 0 N–H and O–H groups in total. The van der Waals surface area contributed by atoms with E-state index in [1.165, 1.54) is 6.08 Å². The number of hydrogen-bond donors (Lipinski definition) is 0. The predicted octanol–water partition coefficient (Wildman–Crippen LogP) is 5.56. The van der Waals surface area contributed by atoms with Crippen molar-refractivity contribution in [1.82, 2.24) is 19.7 Å². The van der Waals surface area contributed by atoms with Crippen molar-refractivity contribution in [2.45, 2.75) is 25.8 Å². The molecule has 2 aromatic carbocycles. The molecule has 178 valence electrons. The fourth-order valence-corrected chi connectivity index (χ4v) is 4.69. The molecule has 0 bridgehead atoms. The first-order valence-corrected chi connectivity index (χ1v) is 11.7. The Morgan fingerprint density at radius 2 is 1.94 bits per heavy atom. The highest BCUT2D eigenvalue weighted by Crippen LogP contribution is 2.35. The van der Waals surface area contributed by atoms with Gasteiger partial charge in [0.15, 0.2) is 0 Å². The van der Waals surface area contributed by atoms with Crippen LogP contribution in [0.5, 0.6) is 17.2 Å². The molecule has 0 spiro atoms. The van der Waals surface area contributed by atoms with Gasteiger partial charge in [-0.3, -0.25) is 14.5 Å². The summed E-state index contributed by atoms with van der Waals surface area (Å²) in [5.74, 6) is 2.25. The quantitative estimate of drug-likeness (QED) is 0.347. The van der Waals surface area contributed by atoms with Crippen LogP contribution in [-0.2, 0) is 4.79 Å². The third-order valence-electron chi connectivity index (χ3n) is 6.55. The zero-order chi connectivity index (χ0) is 24.4. The summed E-state index contributed by atoms with van der Waals surface area (Å²) in [6, 6.07) is 15.8. The number of piperidine rings is 1. The minimum Gasteiger partial charge on any atom is -0.496 e. The molecule has 1 aliphatic rings. The Bertz CT molecular complexity index is 1380. The number of carbonyl (C=O) groups is 1. The summed E-state index contributed by atoms with van der Waals surface area (Å²) >= 11 is 0. The lowest BCUT2D eigenvalue weighted by Gasteiger charge is -2.32. The summed E-state index contributed by atoms with van der Waals surface area (Å²) in [5, 5.41) is 5.99. The van der Waals surface area contributed by atoms with Crippen LogP contribution in [0.4, 0.5) is 0 Å². The lowest BCUT2D eigenvalue weighted by atomic mass is 10.1. The van der Waals surface area contributed by atoms with Gasteiger partial charge in [0, 0.05) is 42.0 Å². The van der Waals surface area contributed by atoms with Gasteiger partial charge in [0.1, 0.15) is 22.9 Å². The van der Waals surface area contributed by atoms with E-state index in [0.29, 0.717) is 6.54 Å². The van der Waals surface area contributed by atoms with E-state index in [9.17, 15) is 4.79 Å². The predicted molar refractivity (Wildman–Crippen MR) is 136 cm³/mol. The van der Waals surface area contributed by atoms with Crippen LogP contribution in [0.3, 0.4) is 0 Å². The number of ether oxygens (including phenoxy) is 2. The summed E-state index contributed by atoms with van der Waals surface area (Å²) in [5.41, 5.74) is 3.81. The highest BCUT2D eigenvalue weighted by Gasteiger charge is 2.26. The maximum Gasteiger partial charge on any atom is 0.246 e. The van der Waals surface area contributed by atoms with Crippen LogP contribution in [0.15, 0.2) is 73.6 Å². The van der Waals surface area contributed by atoms with E-state index in [1.54, 1.807) is 13.3 Å². The lowest BCUT2D eigenvalue weighted by molar-refractivity contribution is -0.127. The number of amides is 1. The van der Waals surface area contributed by atoms with Crippen LogP contribution in [0.2, 0.25) is 0 Å². The fraction of sp³-hybridized carbons (Fsp3) is 0.250. The van der Waals surface area contributed by atoms with E-state index in [-0.39, 0.29) is 11.9 Å². The first-order chi connectivity index (χ1) is 17.1. The van der Waals surface area contributed by atoms with Crippen molar-refractivity contribution in [2.75, 3.05) is 20.2 Å². The number of carbonyl (C=O) groups excluding carboxylic acids is 1. The van der Waals surface area contributed by atoms with Crippen molar-refractivity contribution in [2.24, 2.45) is 0 Å². The molecule has 1 amide bonds. The average Bonchev–Trinajstić information content (AvgIpc) is 3.30. The van der Waals surface area contributed by atoms with E-state index in [4.69, 9.17) is 14.6 Å². The maximum absolute atomic E-state index is 12.2. The number of fused-ring (bicyclic) bond motifs is 1. The smallest absolute Gasteiger partial charge is 0.246 e. The van der Waals surface area contributed by atoms with Crippen molar-refractivity contribution in [3.05, 3.63) is 79.1 Å². The molecule has 5 rings (SSSR count). The van der Waals surface area contributed by atoms with Gasteiger partial charge in [-0.25, -0.2) is 0 Å². The van der Waals surface area contributed by atoms with Crippen LogP contribution in [0, 0.1) is 6.92 Å². The Morgan fingerprint density at radius 3 is 2.71 bits per heavy atom. The third-order valence-corrected chi connectivity index (χ3v) is 6.55. The van der Waals surface area contributed by atoms with Crippen LogP contribution in [0.25, 0.3) is 22.2 Å². The first-order valence-electron chi connectivity index (χ1n) is 11.7. The fourth-order valence-electron chi connectivity index (χ4n) is 4.69. The number of methoxy groups -OCH3 is 1. The van der Waals surface area contributed by atoms with Gasteiger partial charge in [-0.1, -0.05) is 12.6 Å². The number of aromatic nitrogens is 3. The van der Waals surface area contributed by atoms with Crippen molar-refractivity contribution in [1.29, 1.82) is 0 Å². The Balaban J connectivity index is 1.45. The van der Waals surface area contributed by atoms with Gasteiger partial charge in [-0.15, -0.1) is 0 Å². The van der Waals surface area contributed by atoms with Gasteiger partial charge < -0.3 is 14.4 Å². The SMILES string of the molecule is C=CC(=O)N1CCCC(n2nc(-c3ccc(Oc4cccc(OC)c4C)cc3)c3cnccc32)C1. The van der Waals surface area contributed by atoms with E-state index in [1.807, 2.05) is 66.6 Å². The monoisotopic (exact) mass is 468 g/mol. The number of rotatable bonds is 6. The van der Waals surface area contributed by atoms with Gasteiger partial charge in [0.25, 0.3) is 0 Å². The summed E-state index contributed by atoms with van der Waals surface area (Å²) < 4.78 is 13.6. The Kier molecular flexibility index (Phi) is 6.23. The number of nitrogens with zero attached hydrogens (tertiary/aromatic N) is 4. The molecule has 3 heterocycles. The highest BCUT2D eigenvalue weighted by atomic mass is 16.5. The van der Waals surface area contributed by atoms with E-state index < -0.39 is 0 Å². The first kappa shape index (κ1) is 22.7. The summed E-state index contributed by atoms with van der Waals surface area (Å²) in [6.45, 7) is 6.99. The number of likely N-dealkylation sites (tertiary alicyclic amines) is 1.